The molecule has 0 aliphatic heterocycles. The molecule has 0 saturated carbocycles. The minimum Gasteiger partial charge on any atom is -0.252 e. The lowest BCUT2D eigenvalue weighted by Crippen LogP contribution is -1.99. The molecule has 28 heavy (non-hydrogen) atoms. The van der Waals surface area contributed by atoms with Crippen LogP contribution in [0.25, 0.3) is 22.4 Å². The summed E-state index contributed by atoms with van der Waals surface area (Å²) in [7, 11) is 0. The third kappa shape index (κ3) is 4.38. The number of aromatic nitrogens is 1. The van der Waals surface area contributed by atoms with Crippen LogP contribution < -0.4 is 5.43 Å². The van der Waals surface area contributed by atoms with E-state index in [1.807, 2.05) is 42.6 Å². The monoisotopic (exact) mass is 447 g/mol. The Morgan fingerprint density at radius 1 is 0.857 bits per heavy atom. The van der Waals surface area contributed by atoms with Gasteiger partial charge >= 0.3 is 0 Å². The fourth-order valence-corrected chi connectivity index (χ4v) is 3.73. The number of halogens is 1. The highest BCUT2D eigenvalue weighted by molar-refractivity contribution is 9.10. The molecule has 4 aromatic rings. The Hall–Kier alpha value is -2.76. The number of hydrogen-bond donors (Lipinski definition) is 1. The fraction of sp³-hybridized carbons (Fsp3) is 0.0435. The first-order chi connectivity index (χ1) is 13.7. The highest BCUT2D eigenvalue weighted by Gasteiger charge is 2.05. The van der Waals surface area contributed by atoms with Gasteiger partial charge in [-0.1, -0.05) is 82.7 Å². The van der Waals surface area contributed by atoms with Crippen LogP contribution in [0.2, 0.25) is 0 Å². The lowest BCUT2D eigenvalue weighted by atomic mass is 10.0. The molecule has 1 N–H and O–H groups in total. The van der Waals surface area contributed by atoms with Crippen LogP contribution in [0.5, 0.6) is 0 Å². The minimum atomic E-state index is 0.776. The third-order valence-corrected chi connectivity index (χ3v) is 5.65. The maximum Gasteiger partial charge on any atom is 0.203 e. The van der Waals surface area contributed by atoms with Gasteiger partial charge in [0, 0.05) is 15.4 Å². The van der Waals surface area contributed by atoms with Crippen LogP contribution >= 0.6 is 27.3 Å². The summed E-state index contributed by atoms with van der Waals surface area (Å²) in [6.45, 7) is 1.99. The topological polar surface area (TPSA) is 37.3 Å². The first-order valence-corrected chi connectivity index (χ1v) is 10.5. The van der Waals surface area contributed by atoms with Crippen LogP contribution in [0.15, 0.2) is 93.8 Å². The van der Waals surface area contributed by atoms with Gasteiger partial charge in [-0.2, -0.15) is 5.10 Å². The van der Waals surface area contributed by atoms with E-state index < -0.39 is 0 Å². The predicted octanol–water partition coefficient (Wildman–Crippen LogP) is 7.08. The van der Waals surface area contributed by atoms with E-state index >= 15 is 0 Å². The third-order valence-electron chi connectivity index (χ3n) is 4.37. The average molecular weight is 448 g/mol. The van der Waals surface area contributed by atoms with Gasteiger partial charge in [0.1, 0.15) is 0 Å². The zero-order valence-corrected chi connectivity index (χ0v) is 17.7. The molecule has 0 aliphatic rings. The van der Waals surface area contributed by atoms with Gasteiger partial charge in [-0.15, -0.1) is 11.3 Å². The first kappa shape index (κ1) is 18.6. The highest BCUT2D eigenvalue weighted by atomic mass is 79.9. The summed E-state index contributed by atoms with van der Waals surface area (Å²) >= 11 is 5.00. The molecule has 0 bridgehead atoms. The van der Waals surface area contributed by atoms with Crippen molar-refractivity contribution in [3.05, 3.63) is 94.3 Å². The largest absolute Gasteiger partial charge is 0.252 e. The summed E-state index contributed by atoms with van der Waals surface area (Å²) in [5, 5.41) is 7.30. The van der Waals surface area contributed by atoms with Crippen molar-refractivity contribution in [2.24, 2.45) is 5.10 Å². The van der Waals surface area contributed by atoms with Crippen molar-refractivity contribution in [2.45, 2.75) is 6.92 Å². The summed E-state index contributed by atoms with van der Waals surface area (Å²) in [6.07, 6.45) is 0. The van der Waals surface area contributed by atoms with Crippen LogP contribution in [0.1, 0.15) is 12.5 Å². The van der Waals surface area contributed by atoms with Gasteiger partial charge in [0.15, 0.2) is 0 Å². The van der Waals surface area contributed by atoms with Crippen molar-refractivity contribution in [2.75, 3.05) is 5.43 Å². The van der Waals surface area contributed by atoms with Crippen molar-refractivity contribution in [1.82, 2.24) is 4.98 Å². The fourth-order valence-electron chi connectivity index (χ4n) is 2.81. The molecule has 0 unspecified atom stereocenters. The van der Waals surface area contributed by atoms with Crippen LogP contribution in [0.3, 0.4) is 0 Å². The zero-order valence-electron chi connectivity index (χ0n) is 15.3. The van der Waals surface area contributed by atoms with Crippen molar-refractivity contribution < 1.29 is 0 Å². The predicted molar refractivity (Wildman–Crippen MR) is 123 cm³/mol. The number of thiazole rings is 1. The van der Waals surface area contributed by atoms with Crippen molar-refractivity contribution in [3.63, 3.8) is 0 Å². The smallest absolute Gasteiger partial charge is 0.203 e. The Morgan fingerprint density at radius 2 is 1.50 bits per heavy atom. The maximum atomic E-state index is 4.61. The molecule has 0 saturated heterocycles. The summed E-state index contributed by atoms with van der Waals surface area (Å²) < 4.78 is 1.06. The molecular weight excluding hydrogens is 430 g/mol. The van der Waals surface area contributed by atoms with Gasteiger partial charge < -0.3 is 0 Å². The van der Waals surface area contributed by atoms with E-state index in [0.29, 0.717) is 0 Å². The second-order valence-corrected chi connectivity index (χ2v) is 8.07. The second-order valence-electron chi connectivity index (χ2n) is 6.30. The van der Waals surface area contributed by atoms with Gasteiger partial charge in [-0.05, 0) is 35.7 Å². The summed E-state index contributed by atoms with van der Waals surface area (Å²) in [5.41, 5.74) is 9.52. The lowest BCUT2D eigenvalue weighted by Gasteiger charge is -2.05. The number of rotatable bonds is 5. The van der Waals surface area contributed by atoms with E-state index in [4.69, 9.17) is 0 Å². The SMILES string of the molecule is C/C(=N/Nc1nc(-c2ccc(Br)cc2)cs1)c1ccc(-c2ccccc2)cc1. The molecule has 1 heterocycles. The van der Waals surface area contributed by atoms with E-state index in [-0.39, 0.29) is 0 Å². The van der Waals surface area contributed by atoms with Gasteiger partial charge in [-0.25, -0.2) is 4.98 Å². The maximum absolute atomic E-state index is 4.61. The van der Waals surface area contributed by atoms with E-state index in [0.717, 1.165) is 32.1 Å². The second kappa shape index (κ2) is 8.50. The average Bonchev–Trinajstić information content (AvgIpc) is 3.22. The number of benzene rings is 3. The Morgan fingerprint density at radius 3 is 2.21 bits per heavy atom. The van der Waals surface area contributed by atoms with E-state index in [2.05, 4.69) is 80.0 Å². The molecule has 3 nitrogen and oxygen atoms in total. The molecule has 0 radical (unpaired) electrons. The number of nitrogens with one attached hydrogen (secondary N) is 1. The minimum absolute atomic E-state index is 0.776. The van der Waals surface area contributed by atoms with Gasteiger partial charge in [0.25, 0.3) is 0 Å². The normalized spacial score (nSPS) is 11.4. The lowest BCUT2D eigenvalue weighted by molar-refractivity contribution is 1.27. The highest BCUT2D eigenvalue weighted by Crippen LogP contribution is 2.26. The Balaban J connectivity index is 1.45. The Labute approximate surface area is 176 Å². The molecule has 0 amide bonds. The van der Waals surface area contributed by atoms with E-state index in [1.165, 1.54) is 11.1 Å². The summed E-state index contributed by atoms with van der Waals surface area (Å²) in [4.78, 5) is 4.61. The molecule has 4 rings (SSSR count). The van der Waals surface area contributed by atoms with Gasteiger partial charge in [-0.3, -0.25) is 5.43 Å². The number of hydrogen-bond acceptors (Lipinski definition) is 4. The molecule has 3 aromatic carbocycles. The molecular formula is C23H18BrN3S. The van der Waals surface area contributed by atoms with E-state index in [1.54, 1.807) is 11.3 Å². The van der Waals surface area contributed by atoms with Crippen molar-refractivity contribution in [1.29, 1.82) is 0 Å². The Kier molecular flexibility index (Phi) is 5.65. The van der Waals surface area contributed by atoms with Crippen LogP contribution in [0, 0.1) is 0 Å². The quantitative estimate of drug-likeness (QED) is 0.262. The standard InChI is InChI=1S/C23H18BrN3S/c1-16(17-7-9-19(10-8-17)18-5-3-2-4-6-18)26-27-23-25-22(15-28-23)20-11-13-21(24)14-12-20/h2-15H,1H3,(H,25,27)/b26-16-. The molecule has 0 spiro atoms. The van der Waals surface area contributed by atoms with Gasteiger partial charge in [0.05, 0.1) is 11.4 Å². The first-order valence-electron chi connectivity index (χ1n) is 8.87. The van der Waals surface area contributed by atoms with Crippen molar-refractivity contribution in [3.8, 4) is 22.4 Å². The molecule has 5 heteroatoms. The molecule has 0 fully saturated rings. The zero-order chi connectivity index (χ0) is 19.3. The summed E-state index contributed by atoms with van der Waals surface area (Å²) in [6, 6.07) is 26.9. The van der Waals surface area contributed by atoms with E-state index in [9.17, 15) is 0 Å². The van der Waals surface area contributed by atoms with Crippen LogP contribution in [-0.4, -0.2) is 10.7 Å². The molecule has 0 atom stereocenters. The number of hydrazone groups is 1. The number of anilines is 1. The van der Waals surface area contributed by atoms with Crippen LogP contribution in [0.4, 0.5) is 5.13 Å². The van der Waals surface area contributed by atoms with Gasteiger partial charge in [0.2, 0.25) is 5.13 Å². The van der Waals surface area contributed by atoms with Crippen molar-refractivity contribution >= 4 is 38.1 Å². The molecule has 0 aliphatic carbocycles. The summed E-state index contributed by atoms with van der Waals surface area (Å²) in [5.74, 6) is 0. The van der Waals surface area contributed by atoms with Crippen LogP contribution in [-0.2, 0) is 0 Å². The Bertz CT molecular complexity index is 1080. The number of nitrogens with zero attached hydrogens (tertiary/aromatic N) is 2. The molecule has 1 aromatic heterocycles. The molecule has 138 valence electrons.